The van der Waals surface area contributed by atoms with Crippen molar-refractivity contribution in [2.24, 2.45) is 0 Å². The van der Waals surface area contributed by atoms with E-state index in [1.807, 2.05) is 45.9 Å². The molecular formula is C23H27NO2. The highest BCUT2D eigenvalue weighted by molar-refractivity contribution is 6.05. The highest BCUT2D eigenvalue weighted by Crippen LogP contribution is 2.24. The molecule has 2 aromatic rings. The van der Waals surface area contributed by atoms with Crippen LogP contribution < -0.4 is 5.32 Å². The van der Waals surface area contributed by atoms with Gasteiger partial charge in [-0.3, -0.25) is 4.79 Å². The molecule has 0 unspecified atom stereocenters. The number of amides is 1. The van der Waals surface area contributed by atoms with Gasteiger partial charge in [0.2, 0.25) is 0 Å². The highest BCUT2D eigenvalue weighted by atomic mass is 16.3. The van der Waals surface area contributed by atoms with Gasteiger partial charge >= 0.3 is 0 Å². The van der Waals surface area contributed by atoms with Crippen molar-refractivity contribution in [2.45, 2.75) is 41.2 Å². The molecule has 0 radical (unpaired) electrons. The van der Waals surface area contributed by atoms with Crippen LogP contribution >= 0.6 is 0 Å². The van der Waals surface area contributed by atoms with Gasteiger partial charge in [-0.25, -0.2) is 0 Å². The van der Waals surface area contributed by atoms with Gasteiger partial charge in [0, 0.05) is 11.3 Å². The van der Waals surface area contributed by atoms with Crippen molar-refractivity contribution in [1.82, 2.24) is 0 Å². The number of aliphatic hydroxyl groups is 1. The smallest absolute Gasteiger partial charge is 0.251 e. The third-order valence-corrected chi connectivity index (χ3v) is 4.50. The lowest BCUT2D eigenvalue weighted by Crippen LogP contribution is -2.15. The first kappa shape index (κ1) is 19.7. The Morgan fingerprint density at radius 2 is 1.69 bits per heavy atom. The fraction of sp³-hybridized carbons (Fsp3) is 0.261. The van der Waals surface area contributed by atoms with Crippen LogP contribution in [0.1, 0.15) is 40.3 Å². The van der Waals surface area contributed by atoms with Gasteiger partial charge < -0.3 is 10.4 Å². The number of aryl methyl sites for hydroxylation is 4. The summed E-state index contributed by atoms with van der Waals surface area (Å²) in [6.45, 7) is 13.8. The van der Waals surface area contributed by atoms with Crippen molar-refractivity contribution >= 4 is 17.2 Å². The monoisotopic (exact) mass is 349 g/mol. The number of hydrogen-bond acceptors (Lipinski definition) is 2. The summed E-state index contributed by atoms with van der Waals surface area (Å²) in [5.74, 6) is -0.153. The molecule has 0 aromatic heterocycles. The number of carbonyl (C=O) groups is 1. The maximum Gasteiger partial charge on any atom is 0.251 e. The van der Waals surface area contributed by atoms with Gasteiger partial charge in [0.05, 0.1) is 6.61 Å². The zero-order valence-electron chi connectivity index (χ0n) is 16.2. The Morgan fingerprint density at radius 3 is 2.27 bits per heavy atom. The van der Waals surface area contributed by atoms with Crippen molar-refractivity contribution in [3.63, 3.8) is 0 Å². The van der Waals surface area contributed by atoms with Gasteiger partial charge in [-0.15, -0.1) is 0 Å². The van der Waals surface area contributed by atoms with Gasteiger partial charge in [-0.05, 0) is 74.1 Å². The summed E-state index contributed by atoms with van der Waals surface area (Å²) in [6, 6.07) is 9.99. The molecule has 0 saturated carbocycles. The van der Waals surface area contributed by atoms with Crippen LogP contribution in [0.5, 0.6) is 0 Å². The van der Waals surface area contributed by atoms with Crippen molar-refractivity contribution in [3.05, 3.63) is 81.9 Å². The van der Waals surface area contributed by atoms with Gasteiger partial charge in [-0.2, -0.15) is 0 Å². The molecule has 0 fully saturated rings. The number of carbonyl (C=O) groups excluding carboxylic acids is 1. The topological polar surface area (TPSA) is 49.3 Å². The lowest BCUT2D eigenvalue weighted by Gasteiger charge is -2.14. The predicted molar refractivity (Wildman–Crippen MR) is 109 cm³/mol. The zero-order valence-corrected chi connectivity index (χ0v) is 16.2. The molecule has 0 bridgehead atoms. The number of hydrogen-bond donors (Lipinski definition) is 2. The average molecular weight is 349 g/mol. The molecule has 0 atom stereocenters. The number of anilines is 1. The Kier molecular flexibility index (Phi) is 6.17. The van der Waals surface area contributed by atoms with E-state index in [2.05, 4.69) is 30.1 Å². The highest BCUT2D eigenvalue weighted by Gasteiger charge is 2.11. The van der Waals surface area contributed by atoms with E-state index in [0.29, 0.717) is 5.57 Å². The van der Waals surface area contributed by atoms with E-state index in [-0.39, 0.29) is 12.5 Å². The Hall–Kier alpha value is -2.65. The van der Waals surface area contributed by atoms with Gasteiger partial charge in [0.15, 0.2) is 0 Å². The summed E-state index contributed by atoms with van der Waals surface area (Å²) in [4.78, 5) is 12.6. The lowest BCUT2D eigenvalue weighted by atomic mass is 9.98. The minimum absolute atomic E-state index is 0.00942. The summed E-state index contributed by atoms with van der Waals surface area (Å²) in [6.07, 6.45) is 1.82. The standard InChI is InChI=1S/C23H27NO2/c1-14-7-8-15(2)21(9-14)16(3)10-19(6)23(26)24-22-17(4)11-20(13-25)12-18(22)5/h7-12,25H,3,13H2,1-2,4-6H3,(H,24,26)/b19-10+. The van der Waals surface area contributed by atoms with Crippen molar-refractivity contribution in [2.75, 3.05) is 5.32 Å². The Morgan fingerprint density at radius 1 is 1.08 bits per heavy atom. The molecule has 0 saturated heterocycles. The molecule has 2 rings (SSSR count). The minimum atomic E-state index is -0.153. The van der Waals surface area contributed by atoms with Crippen LogP contribution in [0.15, 0.2) is 48.6 Å². The van der Waals surface area contributed by atoms with Crippen LogP contribution in [0.4, 0.5) is 5.69 Å². The summed E-state index contributed by atoms with van der Waals surface area (Å²) in [5.41, 5.74) is 8.27. The quantitative estimate of drug-likeness (QED) is 0.589. The van der Waals surface area contributed by atoms with E-state index < -0.39 is 0 Å². The fourth-order valence-electron chi connectivity index (χ4n) is 3.04. The summed E-state index contributed by atoms with van der Waals surface area (Å²) in [7, 11) is 0. The van der Waals surface area contributed by atoms with E-state index in [4.69, 9.17) is 0 Å². The molecule has 26 heavy (non-hydrogen) atoms. The number of allylic oxidation sites excluding steroid dienone is 2. The van der Waals surface area contributed by atoms with Crippen molar-refractivity contribution in [1.29, 1.82) is 0 Å². The number of rotatable bonds is 5. The molecule has 2 aromatic carbocycles. The second-order valence-electron chi connectivity index (χ2n) is 6.89. The van der Waals surface area contributed by atoms with Gasteiger partial charge in [-0.1, -0.05) is 42.5 Å². The molecule has 0 aliphatic heterocycles. The van der Waals surface area contributed by atoms with Crippen LogP contribution in [0, 0.1) is 27.7 Å². The maximum atomic E-state index is 12.6. The first-order chi connectivity index (χ1) is 12.2. The van der Waals surface area contributed by atoms with Crippen molar-refractivity contribution in [3.8, 4) is 0 Å². The number of nitrogens with one attached hydrogen (secondary N) is 1. The second-order valence-corrected chi connectivity index (χ2v) is 6.89. The van der Waals surface area contributed by atoms with E-state index in [1.54, 1.807) is 6.92 Å². The molecular weight excluding hydrogens is 322 g/mol. The first-order valence-electron chi connectivity index (χ1n) is 8.70. The molecule has 3 heteroatoms. The second kappa shape index (κ2) is 8.15. The van der Waals surface area contributed by atoms with E-state index >= 15 is 0 Å². The summed E-state index contributed by atoms with van der Waals surface area (Å²) < 4.78 is 0. The molecule has 0 spiro atoms. The van der Waals surface area contributed by atoms with Gasteiger partial charge in [0.25, 0.3) is 5.91 Å². The zero-order chi connectivity index (χ0) is 19.4. The normalized spacial score (nSPS) is 11.4. The van der Waals surface area contributed by atoms with Crippen molar-refractivity contribution < 1.29 is 9.90 Å². The maximum absolute atomic E-state index is 12.6. The Labute approximate surface area is 156 Å². The lowest BCUT2D eigenvalue weighted by molar-refractivity contribution is -0.112. The molecule has 0 heterocycles. The third-order valence-electron chi connectivity index (χ3n) is 4.50. The Bertz CT molecular complexity index is 868. The van der Waals surface area contributed by atoms with Crippen LogP contribution in [0.3, 0.4) is 0 Å². The molecule has 0 aliphatic carbocycles. The third kappa shape index (κ3) is 4.50. The van der Waals surface area contributed by atoms with Crippen LogP contribution in [0.25, 0.3) is 5.57 Å². The fourth-order valence-corrected chi connectivity index (χ4v) is 3.04. The summed E-state index contributed by atoms with van der Waals surface area (Å²) in [5, 5.41) is 12.3. The summed E-state index contributed by atoms with van der Waals surface area (Å²) >= 11 is 0. The average Bonchev–Trinajstić information content (AvgIpc) is 2.59. The largest absolute Gasteiger partial charge is 0.392 e. The van der Waals surface area contributed by atoms with Crippen LogP contribution in [0.2, 0.25) is 0 Å². The van der Waals surface area contributed by atoms with E-state index in [0.717, 1.165) is 44.6 Å². The van der Waals surface area contributed by atoms with E-state index in [1.165, 1.54) is 0 Å². The minimum Gasteiger partial charge on any atom is -0.392 e. The van der Waals surface area contributed by atoms with Crippen LogP contribution in [-0.4, -0.2) is 11.0 Å². The molecule has 2 N–H and O–H groups in total. The molecule has 0 aliphatic rings. The number of benzene rings is 2. The van der Waals surface area contributed by atoms with Gasteiger partial charge in [0.1, 0.15) is 0 Å². The first-order valence-corrected chi connectivity index (χ1v) is 8.70. The SMILES string of the molecule is C=C(/C=C(\C)C(=O)Nc1c(C)cc(CO)cc1C)c1cc(C)ccc1C. The number of aliphatic hydroxyl groups excluding tert-OH is 1. The predicted octanol–water partition coefficient (Wildman–Crippen LogP) is 5.01. The van der Waals surface area contributed by atoms with E-state index in [9.17, 15) is 9.90 Å². The molecule has 136 valence electrons. The molecule has 3 nitrogen and oxygen atoms in total. The molecule has 1 amide bonds. The Balaban J connectivity index is 2.23. The van der Waals surface area contributed by atoms with Crippen LogP contribution in [-0.2, 0) is 11.4 Å².